The van der Waals surface area contributed by atoms with Crippen LogP contribution >= 0.6 is 0 Å². The molecule has 2 aromatic carbocycles. The zero-order valence-electron chi connectivity index (χ0n) is 12.1. The average Bonchev–Trinajstić information content (AvgIpc) is 2.97. The van der Waals surface area contributed by atoms with Crippen molar-refractivity contribution in [2.24, 2.45) is 0 Å². The summed E-state index contributed by atoms with van der Waals surface area (Å²) in [5, 5.41) is 10.4. The van der Waals surface area contributed by atoms with E-state index < -0.39 is 0 Å². The Morgan fingerprint density at radius 3 is 2.50 bits per heavy atom. The van der Waals surface area contributed by atoms with Gasteiger partial charge in [0.05, 0.1) is 6.42 Å². The Hall–Kier alpha value is -2.95. The van der Waals surface area contributed by atoms with Crippen molar-refractivity contribution in [2.75, 3.05) is 5.32 Å². The van der Waals surface area contributed by atoms with Crippen LogP contribution in [-0.2, 0) is 6.42 Å². The second-order valence-electron chi connectivity index (χ2n) is 4.98. The van der Waals surface area contributed by atoms with Gasteiger partial charge >= 0.3 is 6.01 Å². The minimum atomic E-state index is -0.272. The van der Waals surface area contributed by atoms with Gasteiger partial charge in [-0.2, -0.15) is 0 Å². The number of aryl methyl sites for hydroxylation is 1. The lowest BCUT2D eigenvalue weighted by atomic mass is 10.1. The fourth-order valence-corrected chi connectivity index (χ4v) is 2.01. The Bertz CT molecular complexity index is 764. The number of benzene rings is 2. The summed E-state index contributed by atoms with van der Waals surface area (Å²) in [6, 6.07) is 17.1. The molecule has 0 bridgehead atoms. The van der Waals surface area contributed by atoms with E-state index in [4.69, 9.17) is 4.42 Å². The highest BCUT2D eigenvalue weighted by Gasteiger charge is 2.11. The highest BCUT2D eigenvalue weighted by Crippen LogP contribution is 2.13. The molecule has 1 N–H and O–H groups in total. The number of carbonyl (C=O) groups is 1. The Morgan fingerprint density at radius 2 is 1.77 bits per heavy atom. The van der Waals surface area contributed by atoms with E-state index in [-0.39, 0.29) is 11.9 Å². The molecule has 5 nitrogen and oxygen atoms in total. The van der Waals surface area contributed by atoms with E-state index in [1.54, 1.807) is 24.3 Å². The molecule has 3 aromatic rings. The van der Waals surface area contributed by atoms with Crippen molar-refractivity contribution in [1.82, 2.24) is 10.2 Å². The fraction of sp³-hybridized carbons (Fsp3) is 0.118. The maximum Gasteiger partial charge on any atom is 0.322 e. The molecule has 0 unspecified atom stereocenters. The molecule has 1 aromatic heterocycles. The number of hydrogen-bond donors (Lipinski definition) is 1. The van der Waals surface area contributed by atoms with Crippen LogP contribution in [0.5, 0.6) is 0 Å². The number of rotatable bonds is 4. The molecule has 0 saturated carbocycles. The van der Waals surface area contributed by atoms with Gasteiger partial charge in [0.1, 0.15) is 0 Å². The average molecular weight is 293 g/mol. The molecule has 0 saturated heterocycles. The Balaban J connectivity index is 1.66. The van der Waals surface area contributed by atoms with E-state index in [1.165, 1.54) is 5.56 Å². The third-order valence-electron chi connectivity index (χ3n) is 3.20. The minimum Gasteiger partial charge on any atom is -0.407 e. The topological polar surface area (TPSA) is 68.0 Å². The van der Waals surface area contributed by atoms with Crippen molar-refractivity contribution >= 4 is 11.9 Å². The summed E-state index contributed by atoms with van der Waals surface area (Å²) in [6.45, 7) is 2.04. The van der Waals surface area contributed by atoms with Crippen LogP contribution in [0.15, 0.2) is 59.0 Å². The molecule has 0 aliphatic heterocycles. The van der Waals surface area contributed by atoms with Gasteiger partial charge in [-0.05, 0) is 24.6 Å². The first kappa shape index (κ1) is 14.0. The van der Waals surface area contributed by atoms with Crippen molar-refractivity contribution in [3.63, 3.8) is 0 Å². The highest BCUT2D eigenvalue weighted by atomic mass is 16.4. The van der Waals surface area contributed by atoms with Gasteiger partial charge in [0.15, 0.2) is 0 Å². The minimum absolute atomic E-state index is 0.107. The van der Waals surface area contributed by atoms with Crippen LogP contribution < -0.4 is 5.32 Å². The molecule has 0 fully saturated rings. The van der Waals surface area contributed by atoms with Gasteiger partial charge < -0.3 is 4.42 Å². The van der Waals surface area contributed by atoms with E-state index in [0.29, 0.717) is 17.9 Å². The summed E-state index contributed by atoms with van der Waals surface area (Å²) in [5.41, 5.74) is 2.82. The predicted octanol–water partition coefficient (Wildman–Crippen LogP) is 3.22. The molecular formula is C17H15N3O2. The molecular weight excluding hydrogens is 278 g/mol. The summed E-state index contributed by atoms with van der Waals surface area (Å²) >= 11 is 0. The van der Waals surface area contributed by atoms with Gasteiger partial charge in [0.2, 0.25) is 5.89 Å². The predicted molar refractivity (Wildman–Crippen MR) is 82.7 cm³/mol. The molecule has 22 heavy (non-hydrogen) atoms. The Morgan fingerprint density at radius 1 is 1.05 bits per heavy atom. The van der Waals surface area contributed by atoms with E-state index in [1.807, 2.05) is 37.3 Å². The van der Waals surface area contributed by atoms with E-state index in [9.17, 15) is 4.79 Å². The third-order valence-corrected chi connectivity index (χ3v) is 3.20. The lowest BCUT2D eigenvalue weighted by molar-refractivity contribution is 0.102. The number of amides is 1. The largest absolute Gasteiger partial charge is 0.407 e. The van der Waals surface area contributed by atoms with Gasteiger partial charge in [0.25, 0.3) is 5.91 Å². The summed E-state index contributed by atoms with van der Waals surface area (Å²) in [5.74, 6) is 0.193. The first-order chi connectivity index (χ1) is 10.7. The lowest BCUT2D eigenvalue weighted by Crippen LogP contribution is -2.11. The molecule has 0 radical (unpaired) electrons. The Kier molecular flexibility index (Phi) is 3.96. The summed E-state index contributed by atoms with van der Waals surface area (Å²) < 4.78 is 5.46. The van der Waals surface area contributed by atoms with Crippen LogP contribution in [0.1, 0.15) is 27.4 Å². The zero-order valence-corrected chi connectivity index (χ0v) is 12.1. The standard InChI is InChI=1S/C17H15N3O2/c1-12-7-9-13(10-8-12)11-15-19-20-17(22-15)18-16(21)14-5-3-2-4-6-14/h2-10H,11H2,1H3,(H,18,20,21). The Labute approximate surface area is 128 Å². The smallest absolute Gasteiger partial charge is 0.322 e. The molecule has 0 atom stereocenters. The maximum atomic E-state index is 12.0. The number of aromatic nitrogens is 2. The van der Waals surface area contributed by atoms with E-state index >= 15 is 0 Å². The monoisotopic (exact) mass is 293 g/mol. The van der Waals surface area contributed by atoms with Crippen LogP contribution in [0.3, 0.4) is 0 Å². The molecule has 0 aliphatic rings. The molecule has 110 valence electrons. The van der Waals surface area contributed by atoms with Gasteiger partial charge in [-0.15, -0.1) is 5.10 Å². The van der Waals surface area contributed by atoms with Crippen molar-refractivity contribution < 1.29 is 9.21 Å². The summed E-state index contributed by atoms with van der Waals surface area (Å²) in [7, 11) is 0. The number of anilines is 1. The van der Waals surface area contributed by atoms with Crippen molar-refractivity contribution in [1.29, 1.82) is 0 Å². The normalized spacial score (nSPS) is 10.4. The van der Waals surface area contributed by atoms with Crippen LogP contribution in [0.25, 0.3) is 0 Å². The lowest BCUT2D eigenvalue weighted by Gasteiger charge is -2.00. The third kappa shape index (κ3) is 3.38. The van der Waals surface area contributed by atoms with Crippen LogP contribution in [-0.4, -0.2) is 16.1 Å². The second kappa shape index (κ2) is 6.22. The van der Waals surface area contributed by atoms with Crippen LogP contribution in [0.4, 0.5) is 6.01 Å². The van der Waals surface area contributed by atoms with Gasteiger partial charge in [-0.1, -0.05) is 53.1 Å². The van der Waals surface area contributed by atoms with Crippen LogP contribution in [0, 0.1) is 6.92 Å². The highest BCUT2D eigenvalue weighted by molar-refractivity contribution is 6.02. The molecule has 1 amide bonds. The second-order valence-corrected chi connectivity index (χ2v) is 4.98. The number of nitrogens with zero attached hydrogens (tertiary/aromatic N) is 2. The molecule has 0 aliphatic carbocycles. The molecule has 0 spiro atoms. The SMILES string of the molecule is Cc1ccc(Cc2nnc(NC(=O)c3ccccc3)o2)cc1. The van der Waals surface area contributed by atoms with Gasteiger partial charge in [-0.3, -0.25) is 10.1 Å². The molecule has 1 heterocycles. The molecule has 5 heteroatoms. The number of nitrogens with one attached hydrogen (secondary N) is 1. The van der Waals surface area contributed by atoms with Crippen molar-refractivity contribution in [3.8, 4) is 0 Å². The zero-order chi connectivity index (χ0) is 15.4. The van der Waals surface area contributed by atoms with E-state index in [0.717, 1.165) is 5.56 Å². The molecule has 3 rings (SSSR count). The quantitative estimate of drug-likeness (QED) is 0.802. The van der Waals surface area contributed by atoms with Crippen LogP contribution in [0.2, 0.25) is 0 Å². The summed E-state index contributed by atoms with van der Waals surface area (Å²) in [6.07, 6.45) is 0.536. The van der Waals surface area contributed by atoms with Crippen molar-refractivity contribution in [2.45, 2.75) is 13.3 Å². The number of carbonyl (C=O) groups excluding carboxylic acids is 1. The van der Waals surface area contributed by atoms with Gasteiger partial charge in [-0.25, -0.2) is 0 Å². The first-order valence-corrected chi connectivity index (χ1v) is 6.95. The van der Waals surface area contributed by atoms with Crippen molar-refractivity contribution in [3.05, 3.63) is 77.2 Å². The first-order valence-electron chi connectivity index (χ1n) is 6.95. The van der Waals surface area contributed by atoms with E-state index in [2.05, 4.69) is 15.5 Å². The maximum absolute atomic E-state index is 12.0. The number of hydrogen-bond acceptors (Lipinski definition) is 4. The summed E-state index contributed by atoms with van der Waals surface area (Å²) in [4.78, 5) is 12.0. The fourth-order valence-electron chi connectivity index (χ4n) is 2.01. The van der Waals surface area contributed by atoms with Gasteiger partial charge in [0, 0.05) is 5.56 Å².